The average molecular weight is 1960 g/mol. The highest BCUT2D eigenvalue weighted by molar-refractivity contribution is 9.10. The van der Waals surface area contributed by atoms with Gasteiger partial charge in [-0.3, -0.25) is 19.2 Å². The summed E-state index contributed by atoms with van der Waals surface area (Å²) in [6, 6.07) is 45.0. The highest BCUT2D eigenvalue weighted by Gasteiger charge is 2.52. The Bertz CT molecular complexity index is 6290. The summed E-state index contributed by atoms with van der Waals surface area (Å²) in [7, 11) is 3.11. The van der Waals surface area contributed by atoms with Crippen LogP contribution < -0.4 is 63.0 Å². The molecule has 5 heterocycles. The van der Waals surface area contributed by atoms with Gasteiger partial charge in [0.1, 0.15) is 117 Å². The maximum atomic E-state index is 15.2. The molecule has 0 unspecified atom stereocenters. The number of benzene rings is 11. The number of halogens is 8. The second-order valence-corrected chi connectivity index (χ2v) is 36.4. The minimum absolute atomic E-state index is 0.00216. The fourth-order valence-corrected chi connectivity index (χ4v) is 19.0. The number of carbonyl (C=O) groups excluding carboxylic acids is 4. The molecule has 5 aliphatic heterocycles. The molecule has 1 fully saturated rings. The summed E-state index contributed by atoms with van der Waals surface area (Å²) in [6.45, 7) is 9.34. The summed E-state index contributed by atoms with van der Waals surface area (Å²) < 4.78 is 199. The van der Waals surface area contributed by atoms with E-state index in [0.29, 0.717) is 201 Å². The largest absolute Gasteiger partial charge is 0.508 e. The van der Waals surface area contributed by atoms with E-state index in [0.717, 1.165) is 28.3 Å². The minimum Gasteiger partial charge on any atom is -0.508 e. The van der Waals surface area contributed by atoms with E-state index in [-0.39, 0.29) is 96.2 Å². The zero-order chi connectivity index (χ0) is 97.3. The van der Waals surface area contributed by atoms with Crippen LogP contribution in [0, 0.1) is 40.7 Å². The highest BCUT2D eigenvalue weighted by Crippen LogP contribution is 2.52. The molecule has 0 bridgehead atoms. The van der Waals surface area contributed by atoms with Crippen molar-refractivity contribution >= 4 is 65.0 Å². The molecule has 8 atom stereocenters. The number of rotatable bonds is 24. The molecule has 0 amide bonds. The molecule has 34 heteroatoms. The Morgan fingerprint density at radius 3 is 1.01 bits per heavy atom. The van der Waals surface area contributed by atoms with Gasteiger partial charge in [0.2, 0.25) is 0 Å². The number of hydrogen-bond acceptors (Lipinski definition) is 24. The number of hydrogen-bond donors (Lipinski definition) is 3. The molecule has 0 aromatic heterocycles. The van der Waals surface area contributed by atoms with Crippen LogP contribution in [0.2, 0.25) is 0 Å². The van der Waals surface area contributed by atoms with Crippen molar-refractivity contribution in [1.29, 1.82) is 0 Å². The lowest BCUT2D eigenvalue weighted by Gasteiger charge is -2.32. The lowest BCUT2D eigenvalue weighted by atomic mass is 9.76. The van der Waals surface area contributed by atoms with Gasteiger partial charge in [-0.25, -0.2) is 30.7 Å². The van der Waals surface area contributed by atoms with Crippen molar-refractivity contribution in [2.24, 2.45) is 0 Å². The van der Waals surface area contributed by atoms with Crippen molar-refractivity contribution in [2.75, 3.05) is 54.9 Å². The quantitative estimate of drug-likeness (QED) is 0.0219. The van der Waals surface area contributed by atoms with E-state index >= 15 is 4.39 Å². The first-order chi connectivity index (χ1) is 66.3. The number of phenolic OH excluding ortho intramolecular Hbond substituents is 1. The first kappa shape index (κ1) is 96.5. The van der Waals surface area contributed by atoms with Crippen LogP contribution in [0.3, 0.4) is 0 Å². The molecule has 0 saturated carbocycles. The summed E-state index contributed by atoms with van der Waals surface area (Å²) in [5.41, 5.74) is 7.52. The fraction of sp³-hybridized carbons (Fsp3) is 0.327. The van der Waals surface area contributed by atoms with Gasteiger partial charge in [-0.1, -0.05) is 52.3 Å². The summed E-state index contributed by atoms with van der Waals surface area (Å²) in [4.78, 5) is 46.5. The zero-order valence-electron chi connectivity index (χ0n) is 76.3. The van der Waals surface area contributed by atoms with Crippen molar-refractivity contribution in [1.82, 2.24) is 0 Å². The van der Waals surface area contributed by atoms with Gasteiger partial charge in [0.15, 0.2) is 34.7 Å². The summed E-state index contributed by atoms with van der Waals surface area (Å²) in [6.07, 6.45) is 2.94. The van der Waals surface area contributed by atoms with Gasteiger partial charge < -0.3 is 95.5 Å². The summed E-state index contributed by atoms with van der Waals surface area (Å²) >= 11 is 3.31. The molecule has 0 radical (unpaired) electrons. The third kappa shape index (κ3) is 20.7. The van der Waals surface area contributed by atoms with Crippen LogP contribution in [0.25, 0.3) is 0 Å². The number of aromatic hydroxyl groups is 1. The van der Waals surface area contributed by atoms with Crippen LogP contribution in [0.1, 0.15) is 194 Å². The van der Waals surface area contributed by atoms with Crippen LogP contribution in [-0.4, -0.2) is 119 Å². The maximum absolute atomic E-state index is 15.2. The van der Waals surface area contributed by atoms with E-state index in [1.54, 1.807) is 66.7 Å². The van der Waals surface area contributed by atoms with Crippen LogP contribution in [0.15, 0.2) is 180 Å². The highest BCUT2D eigenvalue weighted by atomic mass is 79.9. The fourth-order valence-electron chi connectivity index (χ4n) is 18.6. The van der Waals surface area contributed by atoms with Crippen molar-refractivity contribution < 1.29 is 145 Å². The standard InChI is InChI=1S/C32H33BF2O7.C26H21BrF2O5.C26H22F2O6.C20H20BFO6/c1-31(2)32(3,4)42-33(41-31)19-6-10-23(34)28(15-19)40-25-13-11-24(35)30-22(25)9-12-26(30)39-20-7-8-21-18(14-29(36)37-5)17-38-27(21)16-20;1-31-25(30)10-14-13-32-23-12-16(3-4-17(14)23)33-22-8-5-18-21(9-7-20(29)26(18)22)34-24-11-15(27)2-6-19(24)28;1-31-25(30)10-14-13-32-23-12-16(3-4-17(14)23)33-22-8-5-18-21(9-7-20(28)26(18)22)34-24-11-15(29)2-6-19(24)27;1-26-19(23)8-11-10-27-18-9-12(2-3-13(11)18)28-17-7-4-14-15(21(24)25)5-6-16(22)20(14)17/h6-8,10-11,13,15-16,18,26H,9,12,14,17H2,1-5H3;2-4,6-7,9,11-12,14,22H,5,8,10,13H2,1H3;2-4,6-7,9,11-12,14,22,29H,5,8,10,13H2,1H3;2-3,5-6,9,11,17,24-25H,4,7-8,10H2,1H3/t18-,26-;2*14-,22-;11-,17-/m1111/s1. The van der Waals surface area contributed by atoms with E-state index in [1.165, 1.54) is 107 Å². The number of phenols is 1. The number of fused-ring (bicyclic) bond motifs is 8. The monoisotopic (exact) mass is 1960 g/mol. The van der Waals surface area contributed by atoms with E-state index in [1.807, 2.05) is 52.0 Å². The third-order valence-electron chi connectivity index (χ3n) is 26.4. The topological polar surface area (TPSA) is 286 Å². The van der Waals surface area contributed by atoms with Crippen LogP contribution in [0.4, 0.5) is 30.7 Å². The Kier molecular flexibility index (Phi) is 28.6. The Hall–Kier alpha value is -13.1. The van der Waals surface area contributed by atoms with Gasteiger partial charge in [-0.15, -0.1) is 0 Å². The Morgan fingerprint density at radius 2 is 0.667 bits per heavy atom. The molecule has 11 aromatic carbocycles. The molecule has 24 nitrogen and oxygen atoms in total. The first-order valence-corrected chi connectivity index (χ1v) is 45.8. The average Bonchev–Trinajstić information content (AvgIpc) is 1.27. The lowest BCUT2D eigenvalue weighted by Crippen LogP contribution is -2.41. The van der Waals surface area contributed by atoms with Crippen LogP contribution >= 0.6 is 15.9 Å². The number of methoxy groups -OCH3 is 4. The second-order valence-electron chi connectivity index (χ2n) is 35.5. The predicted octanol–water partition coefficient (Wildman–Crippen LogP) is 20.0. The van der Waals surface area contributed by atoms with Crippen LogP contribution in [0.5, 0.6) is 86.2 Å². The normalized spacial score (nSPS) is 19.4. The molecule has 138 heavy (non-hydrogen) atoms. The van der Waals surface area contributed by atoms with Gasteiger partial charge in [0, 0.05) is 120 Å². The number of ether oxygens (including phenoxy) is 15. The molecule has 11 aromatic rings. The Morgan fingerprint density at radius 1 is 0.370 bits per heavy atom. The zero-order valence-corrected chi connectivity index (χ0v) is 77.9. The lowest BCUT2D eigenvalue weighted by molar-refractivity contribution is -0.142. The number of carbonyl (C=O) groups is 4. The molecule has 20 rings (SSSR count). The molecular formula is C104H96B2BrF7O24. The molecule has 3 N–H and O–H groups in total. The molecule has 1 saturated heterocycles. The van der Waals surface area contributed by atoms with E-state index in [2.05, 4.69) is 15.9 Å². The van der Waals surface area contributed by atoms with E-state index < -0.39 is 90.6 Å². The van der Waals surface area contributed by atoms with Gasteiger partial charge in [0.25, 0.3) is 0 Å². The summed E-state index contributed by atoms with van der Waals surface area (Å²) in [5.74, 6) is 0.689. The first-order valence-electron chi connectivity index (χ1n) is 45.0. The molecular weight excluding hydrogens is 1870 g/mol. The van der Waals surface area contributed by atoms with E-state index in [9.17, 15) is 60.7 Å². The Balaban J connectivity index is 0.000000129. The third-order valence-corrected chi connectivity index (χ3v) is 26.9. The molecule has 0 spiro atoms. The van der Waals surface area contributed by atoms with E-state index in [4.69, 9.17) is 80.4 Å². The van der Waals surface area contributed by atoms with Gasteiger partial charge >= 0.3 is 38.1 Å². The van der Waals surface area contributed by atoms with Gasteiger partial charge in [-0.05, 0) is 205 Å². The van der Waals surface area contributed by atoms with Crippen molar-refractivity contribution in [3.63, 3.8) is 0 Å². The van der Waals surface area contributed by atoms with Crippen molar-refractivity contribution in [3.05, 3.63) is 288 Å². The number of esters is 4. The van der Waals surface area contributed by atoms with Gasteiger partial charge in [0.05, 0.1) is 91.8 Å². The molecule has 9 aliphatic rings. The van der Waals surface area contributed by atoms with Gasteiger partial charge in [-0.2, -0.15) is 0 Å². The van der Waals surface area contributed by atoms with Crippen molar-refractivity contribution in [3.8, 4) is 86.2 Å². The van der Waals surface area contributed by atoms with Crippen LogP contribution in [-0.2, 0) is 73.1 Å². The second kappa shape index (κ2) is 40.9. The predicted molar refractivity (Wildman–Crippen MR) is 492 cm³/mol. The molecule has 718 valence electrons. The summed E-state index contributed by atoms with van der Waals surface area (Å²) in [5, 5.41) is 28.7. The minimum atomic E-state index is -1.65. The maximum Gasteiger partial charge on any atom is 0.494 e. The Labute approximate surface area is 799 Å². The SMILES string of the molecule is COC(=O)C[C@@H]1COc2cc(O[C@@H]3CCc4c(B(O)O)ccc(F)c43)ccc21.COC(=O)C[C@@H]1COc2cc(O[C@@H]3CCc4c(Oc5cc(B6OC(C)(C)C(C)(C)O6)ccc5F)ccc(F)c43)ccc21.COC(=O)C[C@@H]1COc2cc(O[C@@H]3CCc4c(Oc5cc(Br)ccc5F)ccc(F)c43)ccc21.COC(=O)C[C@@H]1COc2cc(O[C@@H]3CCc4c(Oc5cc(O)ccc5F)ccc(F)c43)ccc21. The van der Waals surface area contributed by atoms with Crippen molar-refractivity contribution in [2.45, 2.75) is 164 Å². The smallest absolute Gasteiger partial charge is 0.494 e. The molecule has 4 aliphatic carbocycles.